The number of methoxy groups -OCH3 is 1. The molecule has 0 spiro atoms. The molecule has 0 aromatic heterocycles. The van der Waals surface area contributed by atoms with Crippen molar-refractivity contribution in [1.82, 2.24) is 5.32 Å². The molecule has 0 radical (unpaired) electrons. The van der Waals surface area contributed by atoms with E-state index in [0.29, 0.717) is 6.54 Å². The fourth-order valence-electron chi connectivity index (χ4n) is 2.22. The monoisotopic (exact) mass is 314 g/mol. The number of ether oxygens (including phenoxy) is 1. The first kappa shape index (κ1) is 16.6. The Morgan fingerprint density at radius 1 is 1.17 bits per heavy atom. The van der Waals surface area contributed by atoms with Gasteiger partial charge < -0.3 is 10.1 Å². The van der Waals surface area contributed by atoms with Gasteiger partial charge in [0, 0.05) is 24.7 Å². The molecule has 0 aliphatic rings. The second-order valence-electron chi connectivity index (χ2n) is 5.05. The number of nitro benzene ring substituents is 1. The maximum atomic E-state index is 11.6. The third-order valence-corrected chi connectivity index (χ3v) is 3.50. The van der Waals surface area contributed by atoms with E-state index in [9.17, 15) is 14.9 Å². The zero-order valence-corrected chi connectivity index (χ0v) is 12.8. The van der Waals surface area contributed by atoms with Gasteiger partial charge in [0.05, 0.1) is 18.5 Å². The minimum atomic E-state index is -0.448. The van der Waals surface area contributed by atoms with Crippen LogP contribution in [-0.2, 0) is 16.1 Å². The van der Waals surface area contributed by atoms with Crippen LogP contribution in [0.25, 0.3) is 0 Å². The van der Waals surface area contributed by atoms with Crippen molar-refractivity contribution >= 4 is 11.7 Å². The third kappa shape index (κ3) is 4.89. The summed E-state index contributed by atoms with van der Waals surface area (Å²) in [5, 5.41) is 14.0. The van der Waals surface area contributed by atoms with Crippen LogP contribution in [0.2, 0.25) is 0 Å². The summed E-state index contributed by atoms with van der Waals surface area (Å²) in [4.78, 5) is 21.9. The molecule has 0 bridgehead atoms. The molecule has 6 nitrogen and oxygen atoms in total. The quantitative estimate of drug-likeness (QED) is 0.482. The van der Waals surface area contributed by atoms with Gasteiger partial charge >= 0.3 is 5.97 Å². The summed E-state index contributed by atoms with van der Waals surface area (Å²) in [6.07, 6.45) is 0.154. The Morgan fingerprint density at radius 3 is 2.39 bits per heavy atom. The number of carbonyl (C=O) groups excluding carboxylic acids is 1. The number of non-ortho nitro benzene ring substituents is 1. The smallest absolute Gasteiger partial charge is 0.307 e. The van der Waals surface area contributed by atoms with Crippen molar-refractivity contribution < 1.29 is 14.5 Å². The molecule has 120 valence electrons. The van der Waals surface area contributed by atoms with E-state index in [2.05, 4.69) is 5.32 Å². The van der Waals surface area contributed by atoms with Crippen LogP contribution in [0.15, 0.2) is 54.6 Å². The summed E-state index contributed by atoms with van der Waals surface area (Å²) < 4.78 is 4.73. The van der Waals surface area contributed by atoms with Gasteiger partial charge in [-0.2, -0.15) is 0 Å². The SMILES string of the molecule is COC(=O)CC(NCc1ccccc1)c1ccc([N+](=O)[O-])cc1. The zero-order chi connectivity index (χ0) is 16.7. The predicted octanol–water partition coefficient (Wildman–Crippen LogP) is 2.99. The lowest BCUT2D eigenvalue weighted by molar-refractivity contribution is -0.384. The summed E-state index contributed by atoms with van der Waals surface area (Å²) in [7, 11) is 1.34. The van der Waals surface area contributed by atoms with Gasteiger partial charge in [-0.15, -0.1) is 0 Å². The highest BCUT2D eigenvalue weighted by molar-refractivity contribution is 5.70. The summed E-state index contributed by atoms with van der Waals surface area (Å²) in [6.45, 7) is 0.583. The number of hydrogen-bond acceptors (Lipinski definition) is 5. The Balaban J connectivity index is 2.12. The average molecular weight is 314 g/mol. The molecule has 0 aliphatic carbocycles. The van der Waals surface area contributed by atoms with E-state index in [1.54, 1.807) is 12.1 Å². The van der Waals surface area contributed by atoms with Crippen LogP contribution in [0.5, 0.6) is 0 Å². The molecular formula is C17H18N2O4. The van der Waals surface area contributed by atoms with Gasteiger partial charge in [0.25, 0.3) is 5.69 Å². The van der Waals surface area contributed by atoms with Gasteiger partial charge in [0.1, 0.15) is 0 Å². The molecule has 23 heavy (non-hydrogen) atoms. The van der Waals surface area contributed by atoms with Crippen molar-refractivity contribution in [2.24, 2.45) is 0 Å². The van der Waals surface area contributed by atoms with E-state index >= 15 is 0 Å². The summed E-state index contributed by atoms with van der Waals surface area (Å²) in [6, 6.07) is 15.7. The first-order valence-corrected chi connectivity index (χ1v) is 7.18. The molecule has 0 saturated heterocycles. The van der Waals surface area contributed by atoms with Gasteiger partial charge in [-0.25, -0.2) is 0 Å². The van der Waals surface area contributed by atoms with Crippen LogP contribution in [-0.4, -0.2) is 18.0 Å². The van der Waals surface area contributed by atoms with Crippen LogP contribution < -0.4 is 5.32 Å². The second kappa shape index (κ2) is 8.05. The molecule has 1 atom stereocenters. The van der Waals surface area contributed by atoms with Gasteiger partial charge in [0.2, 0.25) is 0 Å². The lowest BCUT2D eigenvalue weighted by Crippen LogP contribution is -2.24. The van der Waals surface area contributed by atoms with Gasteiger partial charge in [0.15, 0.2) is 0 Å². The Morgan fingerprint density at radius 2 is 1.83 bits per heavy atom. The standard InChI is InChI=1S/C17H18N2O4/c1-23-17(20)11-16(18-12-13-5-3-2-4-6-13)14-7-9-15(10-8-14)19(21)22/h2-10,16,18H,11-12H2,1H3. The normalized spacial score (nSPS) is 11.7. The first-order chi connectivity index (χ1) is 11.1. The Hall–Kier alpha value is -2.73. The van der Waals surface area contributed by atoms with Gasteiger partial charge in [-0.05, 0) is 11.1 Å². The molecule has 0 fully saturated rings. The fraction of sp³-hybridized carbons (Fsp3) is 0.235. The highest BCUT2D eigenvalue weighted by Gasteiger charge is 2.17. The number of carbonyl (C=O) groups is 1. The highest BCUT2D eigenvalue weighted by atomic mass is 16.6. The molecule has 1 unspecified atom stereocenters. The van der Waals surface area contributed by atoms with E-state index in [1.165, 1.54) is 19.2 Å². The molecule has 6 heteroatoms. The molecule has 2 aromatic rings. The maximum Gasteiger partial charge on any atom is 0.307 e. The second-order valence-corrected chi connectivity index (χ2v) is 5.05. The van der Waals surface area contributed by atoms with Gasteiger partial charge in [-0.3, -0.25) is 14.9 Å². The number of nitro groups is 1. The molecule has 0 heterocycles. The summed E-state index contributed by atoms with van der Waals surface area (Å²) >= 11 is 0. The Labute approximate surface area is 134 Å². The van der Waals surface area contributed by atoms with E-state index in [1.807, 2.05) is 30.3 Å². The maximum absolute atomic E-state index is 11.6. The van der Waals surface area contributed by atoms with Crippen LogP contribution in [0.4, 0.5) is 5.69 Å². The molecular weight excluding hydrogens is 296 g/mol. The summed E-state index contributed by atoms with van der Waals surface area (Å²) in [5.74, 6) is -0.339. The van der Waals surface area contributed by atoms with E-state index < -0.39 is 4.92 Å². The fourth-order valence-corrected chi connectivity index (χ4v) is 2.22. The first-order valence-electron chi connectivity index (χ1n) is 7.18. The van der Waals surface area contributed by atoms with Gasteiger partial charge in [-0.1, -0.05) is 42.5 Å². The zero-order valence-electron chi connectivity index (χ0n) is 12.8. The van der Waals surface area contributed by atoms with Crippen LogP contribution in [0.3, 0.4) is 0 Å². The number of rotatable bonds is 7. The Bertz CT molecular complexity index is 656. The number of nitrogens with zero attached hydrogens (tertiary/aromatic N) is 1. The van der Waals surface area contributed by atoms with Crippen molar-refractivity contribution in [2.45, 2.75) is 19.0 Å². The van der Waals surface area contributed by atoms with Crippen LogP contribution >= 0.6 is 0 Å². The molecule has 2 rings (SSSR count). The lowest BCUT2D eigenvalue weighted by atomic mass is 10.0. The van der Waals surface area contributed by atoms with Crippen molar-refractivity contribution in [3.8, 4) is 0 Å². The minimum absolute atomic E-state index is 0.0219. The number of nitrogens with one attached hydrogen (secondary N) is 1. The molecule has 0 saturated carbocycles. The molecule has 1 N–H and O–H groups in total. The van der Waals surface area contributed by atoms with E-state index in [4.69, 9.17) is 4.74 Å². The number of esters is 1. The molecule has 0 amide bonds. The van der Waals surface area contributed by atoms with Crippen molar-refractivity contribution in [3.63, 3.8) is 0 Å². The number of benzene rings is 2. The van der Waals surface area contributed by atoms with Crippen molar-refractivity contribution in [1.29, 1.82) is 0 Å². The molecule has 2 aromatic carbocycles. The number of hydrogen-bond donors (Lipinski definition) is 1. The average Bonchev–Trinajstić information content (AvgIpc) is 2.59. The van der Waals surface area contributed by atoms with Crippen LogP contribution in [0.1, 0.15) is 23.6 Å². The minimum Gasteiger partial charge on any atom is -0.469 e. The van der Waals surface area contributed by atoms with E-state index in [0.717, 1.165) is 11.1 Å². The highest BCUT2D eigenvalue weighted by Crippen LogP contribution is 2.21. The topological polar surface area (TPSA) is 81.5 Å². The van der Waals surface area contributed by atoms with Crippen molar-refractivity contribution in [3.05, 3.63) is 75.8 Å². The largest absolute Gasteiger partial charge is 0.469 e. The predicted molar refractivity (Wildman–Crippen MR) is 85.8 cm³/mol. The third-order valence-electron chi connectivity index (χ3n) is 3.50. The van der Waals surface area contributed by atoms with Crippen molar-refractivity contribution in [2.75, 3.05) is 7.11 Å². The summed E-state index contributed by atoms with van der Waals surface area (Å²) in [5.41, 5.74) is 1.91. The molecule has 0 aliphatic heterocycles. The van der Waals surface area contributed by atoms with Crippen LogP contribution in [0, 0.1) is 10.1 Å². The lowest BCUT2D eigenvalue weighted by Gasteiger charge is -2.18. The Kier molecular flexibility index (Phi) is 5.82. The van der Waals surface area contributed by atoms with E-state index in [-0.39, 0.29) is 24.1 Å².